The quantitative estimate of drug-likeness (QED) is 0.561. The van der Waals surface area contributed by atoms with E-state index in [0.29, 0.717) is 17.4 Å². The molecule has 2 aromatic carbocycles. The Morgan fingerprint density at radius 3 is 2.35 bits per heavy atom. The number of benzene rings is 2. The Kier molecular flexibility index (Phi) is 6.23. The van der Waals surface area contributed by atoms with Crippen molar-refractivity contribution in [3.05, 3.63) is 82.9 Å². The van der Waals surface area contributed by atoms with Crippen LogP contribution in [0.15, 0.2) is 54.6 Å². The second kappa shape index (κ2) is 8.81. The molecule has 0 N–H and O–H groups in total. The maximum absolute atomic E-state index is 13.1. The molecule has 0 bridgehead atoms. The Labute approximate surface area is 155 Å². The molecule has 0 aliphatic heterocycles. The first-order valence-corrected chi connectivity index (χ1v) is 9.38. The van der Waals surface area contributed by atoms with Gasteiger partial charge in [0.2, 0.25) is 0 Å². The van der Waals surface area contributed by atoms with Crippen LogP contribution >= 0.6 is 0 Å². The van der Waals surface area contributed by atoms with Crippen LogP contribution in [0.1, 0.15) is 55.2 Å². The summed E-state index contributed by atoms with van der Waals surface area (Å²) in [5.41, 5.74) is 3.35. The minimum absolute atomic E-state index is 0.493. The first-order valence-electron chi connectivity index (χ1n) is 9.38. The van der Waals surface area contributed by atoms with Crippen LogP contribution in [0.5, 0.6) is 0 Å². The molecule has 0 nitrogen and oxygen atoms in total. The van der Waals surface area contributed by atoms with Gasteiger partial charge in [0.05, 0.1) is 0 Å². The third-order valence-electron chi connectivity index (χ3n) is 5.22. The molecule has 0 heterocycles. The summed E-state index contributed by atoms with van der Waals surface area (Å²) < 4.78 is 26.0. The largest absolute Gasteiger partial charge is 0.204 e. The smallest absolute Gasteiger partial charge is 0.160 e. The summed E-state index contributed by atoms with van der Waals surface area (Å²) in [6.07, 6.45) is 9.84. The van der Waals surface area contributed by atoms with Gasteiger partial charge in [0.15, 0.2) is 11.6 Å². The van der Waals surface area contributed by atoms with Crippen LogP contribution in [-0.4, -0.2) is 0 Å². The van der Waals surface area contributed by atoms with Crippen molar-refractivity contribution >= 4 is 0 Å². The molecule has 2 aromatic rings. The van der Waals surface area contributed by atoms with Crippen LogP contribution in [-0.2, 0) is 6.42 Å². The highest BCUT2D eigenvalue weighted by Gasteiger charge is 2.20. The van der Waals surface area contributed by atoms with E-state index in [0.717, 1.165) is 18.6 Å². The molecule has 0 aromatic heterocycles. The lowest BCUT2D eigenvalue weighted by Crippen LogP contribution is -2.11. The molecule has 1 aliphatic rings. The van der Waals surface area contributed by atoms with Crippen molar-refractivity contribution in [1.82, 2.24) is 0 Å². The van der Waals surface area contributed by atoms with Crippen molar-refractivity contribution < 1.29 is 8.78 Å². The van der Waals surface area contributed by atoms with Crippen molar-refractivity contribution in [2.75, 3.05) is 0 Å². The Morgan fingerprint density at radius 1 is 0.962 bits per heavy atom. The molecule has 0 spiro atoms. The van der Waals surface area contributed by atoms with E-state index in [4.69, 9.17) is 0 Å². The second-order valence-corrected chi connectivity index (χ2v) is 6.96. The van der Waals surface area contributed by atoms with Crippen LogP contribution < -0.4 is 0 Å². The summed E-state index contributed by atoms with van der Waals surface area (Å²) in [5, 5.41) is 0. The predicted molar refractivity (Wildman–Crippen MR) is 103 cm³/mol. The Hall–Kier alpha value is -2.40. The Balaban J connectivity index is 1.51. The van der Waals surface area contributed by atoms with Gasteiger partial charge in [0, 0.05) is 5.56 Å². The summed E-state index contributed by atoms with van der Waals surface area (Å²) in [7, 11) is 0. The highest BCUT2D eigenvalue weighted by atomic mass is 19.2. The number of rotatable bonds is 3. The van der Waals surface area contributed by atoms with E-state index in [1.54, 1.807) is 0 Å². The Bertz CT molecular complexity index is 814. The van der Waals surface area contributed by atoms with Gasteiger partial charge in [0.1, 0.15) is 0 Å². The van der Waals surface area contributed by atoms with Gasteiger partial charge < -0.3 is 0 Å². The summed E-state index contributed by atoms with van der Waals surface area (Å²) in [5.74, 6) is 5.31. The lowest BCUT2D eigenvalue weighted by molar-refractivity contribution is 0.376. The zero-order valence-electron chi connectivity index (χ0n) is 15.1. The SMILES string of the molecule is CCc1ccc(C2CCC(C=CC#Cc3ccc(F)c(F)c3)CC2)cc1. The molecule has 0 amide bonds. The zero-order valence-corrected chi connectivity index (χ0v) is 15.1. The molecule has 3 rings (SSSR count). The maximum atomic E-state index is 13.1. The fourth-order valence-corrected chi connectivity index (χ4v) is 3.55. The van der Waals surface area contributed by atoms with Gasteiger partial charge in [-0.25, -0.2) is 8.78 Å². The average molecular weight is 350 g/mol. The minimum atomic E-state index is -0.855. The molecule has 1 saturated carbocycles. The van der Waals surface area contributed by atoms with E-state index in [1.807, 2.05) is 6.08 Å². The highest BCUT2D eigenvalue weighted by molar-refractivity contribution is 5.37. The van der Waals surface area contributed by atoms with Crippen LogP contribution in [0.3, 0.4) is 0 Å². The van der Waals surface area contributed by atoms with E-state index >= 15 is 0 Å². The maximum Gasteiger partial charge on any atom is 0.160 e. The lowest BCUT2D eigenvalue weighted by Gasteiger charge is -2.27. The number of allylic oxidation sites excluding steroid dienone is 2. The topological polar surface area (TPSA) is 0 Å². The van der Waals surface area contributed by atoms with Gasteiger partial charge in [-0.05, 0) is 79.3 Å². The average Bonchev–Trinajstić information content (AvgIpc) is 2.68. The monoisotopic (exact) mass is 350 g/mol. The molecule has 134 valence electrons. The van der Waals surface area contributed by atoms with E-state index in [1.165, 1.54) is 42.9 Å². The first kappa shape index (κ1) is 18.4. The van der Waals surface area contributed by atoms with Crippen molar-refractivity contribution in [3.8, 4) is 11.8 Å². The standard InChI is InChI=1S/C24H24F2/c1-2-18-7-12-21(13-8-18)22-14-9-19(10-15-22)5-3-4-6-20-11-16-23(25)24(26)17-20/h3,5,7-8,11-13,16-17,19,22H,2,9-10,14-15H2,1H3. The van der Waals surface area contributed by atoms with E-state index in [-0.39, 0.29) is 0 Å². The van der Waals surface area contributed by atoms with E-state index < -0.39 is 11.6 Å². The van der Waals surface area contributed by atoms with Crippen LogP contribution in [0.25, 0.3) is 0 Å². The van der Waals surface area contributed by atoms with Gasteiger partial charge in [-0.3, -0.25) is 0 Å². The van der Waals surface area contributed by atoms with Crippen LogP contribution in [0.2, 0.25) is 0 Å². The normalized spacial score (nSPS) is 20.0. The molecule has 0 radical (unpaired) electrons. The first-order chi connectivity index (χ1) is 12.7. The molecule has 26 heavy (non-hydrogen) atoms. The zero-order chi connectivity index (χ0) is 18.4. The summed E-state index contributed by atoms with van der Waals surface area (Å²) >= 11 is 0. The number of hydrogen-bond donors (Lipinski definition) is 0. The fraction of sp³-hybridized carbons (Fsp3) is 0.333. The van der Waals surface area contributed by atoms with Crippen molar-refractivity contribution in [1.29, 1.82) is 0 Å². The van der Waals surface area contributed by atoms with Crippen molar-refractivity contribution in [3.63, 3.8) is 0 Å². The van der Waals surface area contributed by atoms with E-state index in [9.17, 15) is 8.78 Å². The third-order valence-corrected chi connectivity index (χ3v) is 5.22. The van der Waals surface area contributed by atoms with E-state index in [2.05, 4.69) is 49.1 Å². The highest BCUT2D eigenvalue weighted by Crippen LogP contribution is 2.36. The molecule has 2 heteroatoms. The number of aryl methyl sites for hydroxylation is 1. The van der Waals surface area contributed by atoms with Gasteiger partial charge in [0.25, 0.3) is 0 Å². The van der Waals surface area contributed by atoms with Crippen LogP contribution in [0.4, 0.5) is 8.78 Å². The molecule has 0 atom stereocenters. The van der Waals surface area contributed by atoms with Gasteiger partial charge in [-0.1, -0.05) is 49.1 Å². The summed E-state index contributed by atoms with van der Waals surface area (Å²) in [6.45, 7) is 2.18. The molecule has 1 fully saturated rings. The minimum Gasteiger partial charge on any atom is -0.204 e. The van der Waals surface area contributed by atoms with Crippen LogP contribution in [0, 0.1) is 29.4 Å². The van der Waals surface area contributed by atoms with Gasteiger partial charge in [-0.2, -0.15) is 0 Å². The van der Waals surface area contributed by atoms with Crippen molar-refractivity contribution in [2.24, 2.45) is 5.92 Å². The number of halogens is 2. The van der Waals surface area contributed by atoms with Gasteiger partial charge in [-0.15, -0.1) is 0 Å². The van der Waals surface area contributed by atoms with Crippen molar-refractivity contribution in [2.45, 2.75) is 44.9 Å². The molecular formula is C24H24F2. The molecule has 1 aliphatic carbocycles. The fourth-order valence-electron chi connectivity index (χ4n) is 3.55. The summed E-state index contributed by atoms with van der Waals surface area (Å²) in [6, 6.07) is 12.8. The molecular weight excluding hydrogens is 326 g/mol. The second-order valence-electron chi connectivity index (χ2n) is 6.96. The molecule has 0 saturated heterocycles. The Morgan fingerprint density at radius 2 is 1.69 bits per heavy atom. The predicted octanol–water partition coefficient (Wildman–Crippen LogP) is 6.41. The summed E-state index contributed by atoms with van der Waals surface area (Å²) in [4.78, 5) is 0. The van der Waals surface area contributed by atoms with Gasteiger partial charge >= 0.3 is 0 Å². The number of hydrogen-bond acceptors (Lipinski definition) is 0. The third kappa shape index (κ3) is 4.82. The molecule has 0 unspecified atom stereocenters. The lowest BCUT2D eigenvalue weighted by atomic mass is 9.78.